The normalized spacial score (nSPS) is 11.2. The quantitative estimate of drug-likeness (QED) is 0.315. The Morgan fingerprint density at radius 1 is 0.969 bits per heavy atom. The van der Waals surface area contributed by atoms with Crippen molar-refractivity contribution in [2.75, 3.05) is 11.1 Å². The monoisotopic (exact) mass is 441 g/mol. The summed E-state index contributed by atoms with van der Waals surface area (Å²) in [6, 6.07) is 22.6. The molecule has 0 aliphatic heterocycles. The Labute approximate surface area is 187 Å². The maximum Gasteiger partial charge on any atom is 0.261 e. The molecule has 0 aliphatic carbocycles. The van der Waals surface area contributed by atoms with Crippen LogP contribution in [0, 0.1) is 0 Å². The van der Waals surface area contributed by atoms with Crippen molar-refractivity contribution in [2.45, 2.75) is 5.16 Å². The Hall–Kier alpha value is -3.91. The molecule has 5 rings (SSSR count). The molecule has 2 heterocycles. The summed E-state index contributed by atoms with van der Waals surface area (Å²) >= 11 is 1.23. The summed E-state index contributed by atoms with van der Waals surface area (Å²) in [5.41, 5.74) is 4.02. The number of hydrogen-bond acceptors (Lipinski definition) is 5. The van der Waals surface area contributed by atoms with Crippen molar-refractivity contribution in [3.05, 3.63) is 83.2 Å². The SMILES string of the molecule is Cn1c(SCC(=O)Nc2ccc(-c3nc4ccccc4[nH]3)cc2)nc2ccccc2c1=O. The highest BCUT2D eigenvalue weighted by Crippen LogP contribution is 2.22. The number of nitrogens with one attached hydrogen (secondary N) is 2. The van der Waals surface area contributed by atoms with Crippen LogP contribution in [0.2, 0.25) is 0 Å². The molecule has 5 aromatic rings. The van der Waals surface area contributed by atoms with Crippen molar-refractivity contribution in [1.82, 2.24) is 19.5 Å². The number of aromatic nitrogens is 4. The van der Waals surface area contributed by atoms with Gasteiger partial charge in [0.25, 0.3) is 5.56 Å². The molecule has 158 valence electrons. The minimum Gasteiger partial charge on any atom is -0.338 e. The molecule has 8 heteroatoms. The van der Waals surface area contributed by atoms with Gasteiger partial charge in [-0.2, -0.15) is 0 Å². The van der Waals surface area contributed by atoms with E-state index in [1.165, 1.54) is 16.3 Å². The zero-order valence-electron chi connectivity index (χ0n) is 17.2. The van der Waals surface area contributed by atoms with Crippen LogP contribution in [0.25, 0.3) is 33.3 Å². The van der Waals surface area contributed by atoms with Gasteiger partial charge in [0.15, 0.2) is 5.16 Å². The number of benzene rings is 3. The molecule has 0 radical (unpaired) electrons. The highest BCUT2D eigenvalue weighted by Gasteiger charge is 2.11. The molecular weight excluding hydrogens is 422 g/mol. The van der Waals surface area contributed by atoms with E-state index in [0.717, 1.165) is 22.4 Å². The number of carbonyl (C=O) groups is 1. The van der Waals surface area contributed by atoms with Crippen LogP contribution in [0.4, 0.5) is 5.69 Å². The third-order valence-corrected chi connectivity index (χ3v) is 6.14. The van der Waals surface area contributed by atoms with E-state index in [-0.39, 0.29) is 17.2 Å². The molecule has 3 aromatic carbocycles. The highest BCUT2D eigenvalue weighted by atomic mass is 32.2. The maximum absolute atomic E-state index is 12.5. The molecule has 0 unspecified atom stereocenters. The molecule has 0 atom stereocenters. The van der Waals surface area contributed by atoms with Gasteiger partial charge < -0.3 is 10.3 Å². The number of anilines is 1. The fourth-order valence-corrected chi connectivity index (χ4v) is 4.23. The van der Waals surface area contributed by atoms with Crippen molar-refractivity contribution in [1.29, 1.82) is 0 Å². The Bertz CT molecular complexity index is 1470. The zero-order chi connectivity index (χ0) is 22.1. The molecule has 0 spiro atoms. The first-order chi connectivity index (χ1) is 15.6. The Kier molecular flexibility index (Phi) is 5.20. The summed E-state index contributed by atoms with van der Waals surface area (Å²) in [5.74, 6) is 0.751. The molecule has 2 N–H and O–H groups in total. The fourth-order valence-electron chi connectivity index (χ4n) is 3.45. The number of thioether (sulfide) groups is 1. The molecule has 2 aromatic heterocycles. The van der Waals surface area contributed by atoms with E-state index in [4.69, 9.17) is 0 Å². The topological polar surface area (TPSA) is 92.7 Å². The zero-order valence-corrected chi connectivity index (χ0v) is 18.0. The van der Waals surface area contributed by atoms with Gasteiger partial charge in [-0.05, 0) is 48.5 Å². The smallest absolute Gasteiger partial charge is 0.261 e. The van der Waals surface area contributed by atoms with Gasteiger partial charge in [0, 0.05) is 18.3 Å². The lowest BCUT2D eigenvalue weighted by molar-refractivity contribution is -0.113. The Morgan fingerprint density at radius 3 is 2.47 bits per heavy atom. The van der Waals surface area contributed by atoms with E-state index in [2.05, 4.69) is 20.3 Å². The molecule has 32 heavy (non-hydrogen) atoms. The molecule has 0 saturated carbocycles. The molecular formula is C24H19N5O2S. The minimum absolute atomic E-state index is 0.125. The van der Waals surface area contributed by atoms with E-state index < -0.39 is 0 Å². The average Bonchev–Trinajstić information content (AvgIpc) is 3.25. The second kappa shape index (κ2) is 8.32. The first-order valence-corrected chi connectivity index (χ1v) is 11.0. The number of H-pyrrole nitrogens is 1. The van der Waals surface area contributed by atoms with Gasteiger partial charge in [-0.3, -0.25) is 14.2 Å². The van der Waals surface area contributed by atoms with Gasteiger partial charge in [-0.25, -0.2) is 9.97 Å². The summed E-state index contributed by atoms with van der Waals surface area (Å²) in [6.07, 6.45) is 0. The van der Waals surface area contributed by atoms with Gasteiger partial charge in [-0.1, -0.05) is 36.0 Å². The summed E-state index contributed by atoms with van der Waals surface area (Å²) in [7, 11) is 1.67. The van der Waals surface area contributed by atoms with Crippen molar-refractivity contribution in [3.8, 4) is 11.4 Å². The predicted molar refractivity (Wildman–Crippen MR) is 128 cm³/mol. The number of imidazole rings is 1. The van der Waals surface area contributed by atoms with Crippen LogP contribution in [0.5, 0.6) is 0 Å². The number of amides is 1. The Balaban J connectivity index is 1.26. The van der Waals surface area contributed by atoms with Crippen molar-refractivity contribution >= 4 is 45.3 Å². The van der Waals surface area contributed by atoms with E-state index in [1.54, 1.807) is 19.2 Å². The first kappa shape index (κ1) is 20.0. The number of para-hydroxylation sites is 3. The van der Waals surface area contributed by atoms with Crippen LogP contribution in [0.3, 0.4) is 0 Å². The van der Waals surface area contributed by atoms with E-state index >= 15 is 0 Å². The van der Waals surface area contributed by atoms with Gasteiger partial charge >= 0.3 is 0 Å². The van der Waals surface area contributed by atoms with Crippen molar-refractivity contribution in [3.63, 3.8) is 0 Å². The number of rotatable bonds is 5. The number of carbonyl (C=O) groups excluding carboxylic acids is 1. The molecule has 0 saturated heterocycles. The van der Waals surface area contributed by atoms with Crippen LogP contribution in [0.1, 0.15) is 0 Å². The third-order valence-electron chi connectivity index (χ3n) is 5.11. The van der Waals surface area contributed by atoms with Crippen molar-refractivity contribution < 1.29 is 4.79 Å². The van der Waals surface area contributed by atoms with Crippen LogP contribution in [-0.4, -0.2) is 31.2 Å². The lowest BCUT2D eigenvalue weighted by atomic mass is 10.2. The summed E-state index contributed by atoms with van der Waals surface area (Å²) < 4.78 is 1.47. The molecule has 0 aliphatic rings. The largest absolute Gasteiger partial charge is 0.338 e. The first-order valence-electron chi connectivity index (χ1n) is 10.0. The van der Waals surface area contributed by atoms with E-state index in [9.17, 15) is 9.59 Å². The van der Waals surface area contributed by atoms with Gasteiger partial charge in [-0.15, -0.1) is 0 Å². The standard InChI is InChI=1S/C24H19N5O2S/c1-29-23(31)17-6-2-3-7-18(17)28-24(29)32-14-21(30)25-16-12-10-15(11-13-16)22-26-19-8-4-5-9-20(19)27-22/h2-13H,14H2,1H3,(H,25,30)(H,26,27). The van der Waals surface area contributed by atoms with Gasteiger partial charge in [0.2, 0.25) is 5.91 Å². The average molecular weight is 442 g/mol. The van der Waals surface area contributed by atoms with Crippen molar-refractivity contribution in [2.24, 2.45) is 7.05 Å². The van der Waals surface area contributed by atoms with Gasteiger partial charge in [0.1, 0.15) is 5.82 Å². The predicted octanol–water partition coefficient (Wildman–Crippen LogP) is 4.21. The minimum atomic E-state index is -0.172. The van der Waals surface area contributed by atoms with Crippen LogP contribution < -0.4 is 10.9 Å². The Morgan fingerprint density at radius 2 is 1.69 bits per heavy atom. The molecule has 7 nitrogen and oxygen atoms in total. The van der Waals surface area contributed by atoms with Crippen LogP contribution in [-0.2, 0) is 11.8 Å². The van der Waals surface area contributed by atoms with Gasteiger partial charge in [0.05, 0.1) is 27.7 Å². The molecule has 0 bridgehead atoms. The van der Waals surface area contributed by atoms with Crippen LogP contribution >= 0.6 is 11.8 Å². The molecule has 0 fully saturated rings. The number of hydrogen-bond donors (Lipinski definition) is 2. The van der Waals surface area contributed by atoms with Crippen LogP contribution in [0.15, 0.2) is 82.7 Å². The summed E-state index contributed by atoms with van der Waals surface area (Å²) in [6.45, 7) is 0. The number of nitrogens with zero attached hydrogens (tertiary/aromatic N) is 3. The van der Waals surface area contributed by atoms with E-state index in [0.29, 0.717) is 21.7 Å². The summed E-state index contributed by atoms with van der Waals surface area (Å²) in [5, 5.41) is 3.95. The number of aromatic amines is 1. The van der Waals surface area contributed by atoms with E-state index in [1.807, 2.05) is 60.7 Å². The number of fused-ring (bicyclic) bond motifs is 2. The summed E-state index contributed by atoms with van der Waals surface area (Å²) in [4.78, 5) is 37.3. The molecule has 1 amide bonds. The highest BCUT2D eigenvalue weighted by molar-refractivity contribution is 7.99. The second-order valence-corrected chi connectivity index (χ2v) is 8.23. The second-order valence-electron chi connectivity index (χ2n) is 7.29. The third kappa shape index (κ3) is 3.88. The maximum atomic E-state index is 12.5. The lowest BCUT2D eigenvalue weighted by Gasteiger charge is -2.09. The fraction of sp³-hybridized carbons (Fsp3) is 0.0833. The lowest BCUT2D eigenvalue weighted by Crippen LogP contribution is -2.21.